The topological polar surface area (TPSA) is 118 Å². The summed E-state index contributed by atoms with van der Waals surface area (Å²) in [6.07, 6.45) is 4.14. The quantitative estimate of drug-likeness (QED) is 0.454. The Labute approximate surface area is 201 Å². The fourth-order valence-corrected chi connectivity index (χ4v) is 4.42. The molecule has 2 aromatic carbocycles. The molecule has 176 valence electrons. The maximum atomic E-state index is 13.3. The van der Waals surface area contributed by atoms with Gasteiger partial charge >= 0.3 is 5.97 Å². The number of halogens is 1. The molecule has 3 aromatic rings. The molecule has 0 aliphatic carbocycles. The van der Waals surface area contributed by atoms with Crippen LogP contribution in [0.5, 0.6) is 0 Å². The van der Waals surface area contributed by atoms with Crippen molar-refractivity contribution in [3.63, 3.8) is 0 Å². The van der Waals surface area contributed by atoms with Crippen molar-refractivity contribution in [1.29, 1.82) is 0 Å². The smallest absolute Gasteiger partial charge is 0.343 e. The van der Waals surface area contributed by atoms with Gasteiger partial charge in [-0.25, -0.2) is 4.79 Å². The second kappa shape index (κ2) is 10.0. The van der Waals surface area contributed by atoms with E-state index < -0.39 is 17.4 Å². The third kappa shape index (κ3) is 4.92. The predicted octanol–water partition coefficient (Wildman–Crippen LogP) is 3.54. The molecule has 1 amide bonds. The first kappa shape index (κ1) is 23.4. The molecule has 1 saturated heterocycles. The number of aromatic nitrogens is 1. The van der Waals surface area contributed by atoms with Gasteiger partial charge in [-0.1, -0.05) is 23.7 Å². The number of nitrogens with zero attached hydrogens (tertiary/aromatic N) is 2. The Hall–Kier alpha value is -3.78. The highest BCUT2D eigenvalue weighted by molar-refractivity contribution is 6.30. The summed E-state index contributed by atoms with van der Waals surface area (Å²) in [6.45, 7) is 1.98. The summed E-state index contributed by atoms with van der Waals surface area (Å²) in [5.74, 6) is -1.88. The number of aromatic carboxylic acids is 1. The zero-order chi connectivity index (χ0) is 24.2. The van der Waals surface area contributed by atoms with Gasteiger partial charge < -0.3 is 21.1 Å². The van der Waals surface area contributed by atoms with Gasteiger partial charge in [0.05, 0.1) is 17.1 Å². The van der Waals surface area contributed by atoms with Crippen LogP contribution in [-0.4, -0.2) is 41.2 Å². The Morgan fingerprint density at radius 1 is 1.06 bits per heavy atom. The summed E-state index contributed by atoms with van der Waals surface area (Å²) in [7, 11) is 0. The Morgan fingerprint density at radius 2 is 1.82 bits per heavy atom. The van der Waals surface area contributed by atoms with Crippen LogP contribution in [0.1, 0.15) is 39.1 Å². The molecule has 2 heterocycles. The minimum atomic E-state index is -1.32. The molecule has 4 rings (SSSR count). The van der Waals surface area contributed by atoms with Crippen LogP contribution in [0.15, 0.2) is 59.5 Å². The van der Waals surface area contributed by atoms with Crippen molar-refractivity contribution < 1.29 is 14.7 Å². The highest BCUT2D eigenvalue weighted by atomic mass is 35.5. The second-order valence-corrected chi connectivity index (χ2v) is 8.59. The second-order valence-electron chi connectivity index (χ2n) is 8.15. The number of pyridine rings is 1. The van der Waals surface area contributed by atoms with Crippen molar-refractivity contribution in [3.05, 3.63) is 86.8 Å². The van der Waals surface area contributed by atoms with E-state index in [-0.39, 0.29) is 11.3 Å². The van der Waals surface area contributed by atoms with E-state index >= 15 is 0 Å². The van der Waals surface area contributed by atoms with Crippen LogP contribution in [0.3, 0.4) is 0 Å². The Bertz CT molecular complexity index is 1300. The van der Waals surface area contributed by atoms with E-state index in [4.69, 9.17) is 17.3 Å². The van der Waals surface area contributed by atoms with Crippen LogP contribution in [0, 0.1) is 0 Å². The molecule has 34 heavy (non-hydrogen) atoms. The number of nitrogens with one attached hydrogen (secondary N) is 1. The van der Waals surface area contributed by atoms with E-state index in [0.29, 0.717) is 34.9 Å². The molecule has 0 unspecified atom stereocenters. The number of carboxylic acids is 1. The van der Waals surface area contributed by atoms with Gasteiger partial charge in [0.15, 0.2) is 0 Å². The van der Waals surface area contributed by atoms with Crippen molar-refractivity contribution in [2.24, 2.45) is 5.73 Å². The minimum Gasteiger partial charge on any atom is -0.477 e. The van der Waals surface area contributed by atoms with Crippen molar-refractivity contribution in [2.75, 3.05) is 29.9 Å². The monoisotopic (exact) mass is 480 g/mol. The molecule has 1 aliphatic rings. The zero-order valence-electron chi connectivity index (χ0n) is 18.5. The summed E-state index contributed by atoms with van der Waals surface area (Å²) in [5.41, 5.74) is 7.20. The number of benzene rings is 2. The van der Waals surface area contributed by atoms with Gasteiger partial charge in [-0.2, -0.15) is 0 Å². The van der Waals surface area contributed by atoms with E-state index in [1.807, 2.05) is 18.2 Å². The lowest BCUT2D eigenvalue weighted by molar-refractivity contribution is 0.0695. The van der Waals surface area contributed by atoms with Crippen LogP contribution in [0.4, 0.5) is 11.4 Å². The molecule has 9 heteroatoms. The Morgan fingerprint density at radius 3 is 2.50 bits per heavy atom. The molecular weight excluding hydrogens is 456 g/mol. The van der Waals surface area contributed by atoms with Crippen LogP contribution in [0.25, 0.3) is 5.69 Å². The number of rotatable bonds is 8. The largest absolute Gasteiger partial charge is 0.477 e. The number of anilines is 2. The maximum absolute atomic E-state index is 13.3. The van der Waals surface area contributed by atoms with Crippen molar-refractivity contribution in [1.82, 2.24) is 4.57 Å². The summed E-state index contributed by atoms with van der Waals surface area (Å²) in [6, 6.07) is 13.8. The third-order valence-corrected chi connectivity index (χ3v) is 6.13. The van der Waals surface area contributed by atoms with E-state index in [2.05, 4.69) is 10.2 Å². The van der Waals surface area contributed by atoms with Crippen LogP contribution >= 0.6 is 11.6 Å². The highest BCUT2D eigenvalue weighted by Gasteiger charge is 2.22. The lowest BCUT2D eigenvalue weighted by Crippen LogP contribution is -2.29. The average Bonchev–Trinajstić information content (AvgIpc) is 3.33. The molecule has 0 bridgehead atoms. The summed E-state index contributed by atoms with van der Waals surface area (Å²) >= 11 is 6.02. The van der Waals surface area contributed by atoms with E-state index in [1.54, 1.807) is 36.5 Å². The highest BCUT2D eigenvalue weighted by Crippen LogP contribution is 2.29. The number of carboxylic acid groups (broad SMARTS) is 1. The predicted molar refractivity (Wildman–Crippen MR) is 133 cm³/mol. The summed E-state index contributed by atoms with van der Waals surface area (Å²) in [4.78, 5) is 39.2. The Balaban J connectivity index is 1.68. The van der Waals surface area contributed by atoms with Gasteiger partial charge in [0.2, 0.25) is 5.91 Å². The summed E-state index contributed by atoms with van der Waals surface area (Å²) < 4.78 is 1.31. The van der Waals surface area contributed by atoms with E-state index in [1.165, 1.54) is 4.57 Å². The van der Waals surface area contributed by atoms with Gasteiger partial charge in [0.25, 0.3) is 5.56 Å². The number of carbonyl (C=O) groups is 2. The SMILES string of the molecule is NC(=O)c1ccc(-n2ccc(NCCc3cccc(Cl)c3)c(C(=O)O)c2=O)c(N2CCCC2)c1. The standard InChI is InChI=1S/C25H25ClN4O4/c26-18-5-3-4-16(14-18)8-10-28-19-9-13-30(24(32)22(19)25(33)34)20-7-6-17(23(27)31)15-21(20)29-11-1-2-12-29/h3-7,9,13-15,28H,1-2,8,10-12H2,(H2,27,31)(H,33,34). The van der Waals surface area contributed by atoms with E-state index in [9.17, 15) is 19.5 Å². The lowest BCUT2D eigenvalue weighted by Gasteiger charge is -2.23. The van der Waals surface area contributed by atoms with Crippen LogP contribution in [-0.2, 0) is 6.42 Å². The number of hydrogen-bond acceptors (Lipinski definition) is 5. The van der Waals surface area contributed by atoms with Crippen molar-refractivity contribution >= 4 is 34.9 Å². The molecule has 1 aromatic heterocycles. The molecular formula is C25H25ClN4O4. The van der Waals surface area contributed by atoms with Gasteiger partial charge in [-0.05, 0) is 61.2 Å². The molecule has 1 fully saturated rings. The fourth-order valence-electron chi connectivity index (χ4n) is 4.21. The first-order valence-corrected chi connectivity index (χ1v) is 11.4. The number of hydrogen-bond donors (Lipinski definition) is 3. The number of nitrogens with two attached hydrogens (primary N) is 1. The normalized spacial score (nSPS) is 13.1. The fraction of sp³-hybridized carbons (Fsp3) is 0.240. The number of primary amides is 1. The van der Waals surface area contributed by atoms with Crippen molar-refractivity contribution in [3.8, 4) is 5.69 Å². The lowest BCUT2D eigenvalue weighted by atomic mass is 10.1. The van der Waals surface area contributed by atoms with Crippen LogP contribution < -0.4 is 21.5 Å². The average molecular weight is 481 g/mol. The van der Waals surface area contributed by atoms with Crippen molar-refractivity contribution in [2.45, 2.75) is 19.3 Å². The summed E-state index contributed by atoms with van der Waals surface area (Å²) in [5, 5.41) is 13.5. The molecule has 1 aliphatic heterocycles. The Kier molecular flexibility index (Phi) is 6.88. The first-order chi connectivity index (χ1) is 16.3. The maximum Gasteiger partial charge on any atom is 0.343 e. The third-order valence-electron chi connectivity index (χ3n) is 5.89. The molecule has 4 N–H and O–H groups in total. The molecule has 0 atom stereocenters. The van der Waals surface area contributed by atoms with E-state index in [0.717, 1.165) is 31.5 Å². The van der Waals surface area contributed by atoms with Gasteiger partial charge in [0, 0.05) is 36.4 Å². The number of carbonyl (C=O) groups excluding carboxylic acids is 1. The minimum absolute atomic E-state index is 0.243. The molecule has 0 radical (unpaired) electrons. The molecule has 0 saturated carbocycles. The van der Waals surface area contributed by atoms with Gasteiger partial charge in [-0.3, -0.25) is 14.2 Å². The van der Waals surface area contributed by atoms with Gasteiger partial charge in [-0.15, -0.1) is 0 Å². The zero-order valence-corrected chi connectivity index (χ0v) is 19.2. The molecule has 8 nitrogen and oxygen atoms in total. The molecule has 0 spiro atoms. The van der Waals surface area contributed by atoms with Crippen LogP contribution in [0.2, 0.25) is 5.02 Å². The first-order valence-electron chi connectivity index (χ1n) is 11.0. The number of amides is 1. The van der Waals surface area contributed by atoms with Gasteiger partial charge in [0.1, 0.15) is 5.56 Å².